The Morgan fingerprint density at radius 1 is 1.11 bits per heavy atom. The molecule has 0 radical (unpaired) electrons. The van der Waals surface area contributed by atoms with Gasteiger partial charge in [0, 0.05) is 10.4 Å². The Kier molecular flexibility index (Phi) is 12.2. The molecule has 0 fully saturated rings. The zero-order valence-corrected chi connectivity index (χ0v) is 22.7. The molecular formula is C27H37N3O6S. The van der Waals surface area contributed by atoms with E-state index in [-0.39, 0.29) is 24.3 Å². The van der Waals surface area contributed by atoms with Crippen LogP contribution in [0.15, 0.2) is 30.3 Å². The summed E-state index contributed by atoms with van der Waals surface area (Å²) in [5.41, 5.74) is 1.30. The highest BCUT2D eigenvalue weighted by Gasteiger charge is 2.30. The van der Waals surface area contributed by atoms with Crippen molar-refractivity contribution in [1.82, 2.24) is 15.7 Å². The number of rotatable bonds is 16. The molecule has 2 unspecified atom stereocenters. The molecule has 2 aromatic rings. The number of carbonyl (C=O) groups excluding carboxylic acids is 4. The number of ether oxygens (including phenoxy) is 1. The van der Waals surface area contributed by atoms with Gasteiger partial charge in [0.1, 0.15) is 5.75 Å². The van der Waals surface area contributed by atoms with Crippen molar-refractivity contribution >= 4 is 35.3 Å². The van der Waals surface area contributed by atoms with Gasteiger partial charge >= 0.3 is 0 Å². The van der Waals surface area contributed by atoms with Crippen LogP contribution in [0.4, 0.5) is 0 Å². The maximum atomic E-state index is 12.9. The molecule has 0 bridgehead atoms. The summed E-state index contributed by atoms with van der Waals surface area (Å²) in [6.07, 6.45) is 3.96. The van der Waals surface area contributed by atoms with Crippen LogP contribution in [0.2, 0.25) is 0 Å². The molecule has 0 saturated heterocycles. The highest BCUT2D eigenvalue weighted by molar-refractivity contribution is 7.17. The molecule has 0 aliphatic rings. The second-order valence-corrected chi connectivity index (χ2v) is 9.77. The number of thiophene rings is 1. The fourth-order valence-electron chi connectivity index (χ4n) is 4.09. The Hall–Kier alpha value is -3.24. The first-order chi connectivity index (χ1) is 17.7. The van der Waals surface area contributed by atoms with Crippen LogP contribution in [-0.4, -0.2) is 53.6 Å². The molecule has 0 aliphatic heterocycles. The zero-order valence-electron chi connectivity index (χ0n) is 21.9. The third-order valence-corrected chi connectivity index (χ3v) is 7.17. The van der Waals surface area contributed by atoms with Crippen molar-refractivity contribution in [2.45, 2.75) is 65.8 Å². The number of nitrogens with zero attached hydrogens (tertiary/aromatic N) is 1. The minimum absolute atomic E-state index is 0.0798. The van der Waals surface area contributed by atoms with Gasteiger partial charge in [0.25, 0.3) is 5.91 Å². The molecule has 0 spiro atoms. The molecule has 9 nitrogen and oxygen atoms in total. The first-order valence-electron chi connectivity index (χ1n) is 12.6. The molecule has 0 saturated carbocycles. The molecule has 10 heteroatoms. The second-order valence-electron chi connectivity index (χ2n) is 8.69. The summed E-state index contributed by atoms with van der Waals surface area (Å²) in [6.45, 7) is 7.59. The van der Waals surface area contributed by atoms with E-state index in [9.17, 15) is 24.4 Å². The van der Waals surface area contributed by atoms with E-state index in [1.165, 1.54) is 18.3 Å². The number of hydrogen-bond acceptors (Lipinski definition) is 7. The molecule has 1 aromatic carbocycles. The monoisotopic (exact) mass is 531 g/mol. The molecule has 2 rings (SSSR count). The highest BCUT2D eigenvalue weighted by atomic mass is 32.1. The van der Waals surface area contributed by atoms with Gasteiger partial charge in [-0.15, -0.1) is 11.3 Å². The highest BCUT2D eigenvalue weighted by Crippen LogP contribution is 2.32. The fourth-order valence-corrected chi connectivity index (χ4v) is 5.00. The number of amides is 3. The van der Waals surface area contributed by atoms with Gasteiger partial charge in [0.05, 0.1) is 30.1 Å². The minimum Gasteiger partial charge on any atom is -0.494 e. The normalized spacial score (nSPS) is 12.4. The predicted octanol–water partition coefficient (Wildman–Crippen LogP) is 4.64. The summed E-state index contributed by atoms with van der Waals surface area (Å²) in [5, 5.41) is 15.9. The van der Waals surface area contributed by atoms with Crippen molar-refractivity contribution in [1.29, 1.82) is 0 Å². The lowest BCUT2D eigenvalue weighted by molar-refractivity contribution is -0.168. The molecule has 2 atom stereocenters. The van der Waals surface area contributed by atoms with Crippen LogP contribution in [0.25, 0.3) is 10.4 Å². The van der Waals surface area contributed by atoms with E-state index < -0.39 is 12.0 Å². The van der Waals surface area contributed by atoms with Crippen molar-refractivity contribution in [2.75, 3.05) is 13.3 Å². The lowest BCUT2D eigenvalue weighted by Crippen LogP contribution is -2.47. The van der Waals surface area contributed by atoms with E-state index in [4.69, 9.17) is 4.74 Å². The average Bonchev–Trinajstić information content (AvgIpc) is 3.38. The number of Topliss-reactive ketones (excluding diaryl/α,β-unsaturated/α-hetero) is 1. The number of hydrogen-bond donors (Lipinski definition) is 3. The third kappa shape index (κ3) is 8.68. The quantitative estimate of drug-likeness (QED) is 0.0724. The van der Waals surface area contributed by atoms with Crippen LogP contribution in [-0.2, 0) is 9.59 Å². The molecule has 37 heavy (non-hydrogen) atoms. The summed E-state index contributed by atoms with van der Waals surface area (Å²) >= 11 is 1.27. The summed E-state index contributed by atoms with van der Waals surface area (Å²) in [5.74, 6) is -0.771. The van der Waals surface area contributed by atoms with Crippen molar-refractivity contribution in [3.05, 3.63) is 40.8 Å². The Morgan fingerprint density at radius 3 is 2.49 bits per heavy atom. The first-order valence-corrected chi connectivity index (χ1v) is 13.4. The van der Waals surface area contributed by atoms with Crippen LogP contribution in [0.3, 0.4) is 0 Å². The molecular weight excluding hydrogens is 494 g/mol. The van der Waals surface area contributed by atoms with Crippen molar-refractivity contribution in [3.63, 3.8) is 0 Å². The van der Waals surface area contributed by atoms with E-state index in [1.54, 1.807) is 31.2 Å². The SMILES string of the molecule is CCCCCC(C(=O)NCNC(=O)c1ccc(-c2cc(OCC)cc(C(C)=O)c2)s1)C(CC)N(O)C=O. The van der Waals surface area contributed by atoms with E-state index in [0.717, 1.165) is 29.7 Å². The molecule has 3 N–H and O–H groups in total. The number of nitrogens with one attached hydrogen (secondary N) is 2. The number of carbonyl (C=O) groups is 4. The fraction of sp³-hybridized carbons (Fsp3) is 0.481. The maximum absolute atomic E-state index is 12.9. The number of benzene rings is 1. The van der Waals surface area contributed by atoms with E-state index in [1.807, 2.05) is 13.0 Å². The molecule has 1 heterocycles. The van der Waals surface area contributed by atoms with E-state index in [2.05, 4.69) is 17.6 Å². The van der Waals surface area contributed by atoms with Gasteiger partial charge in [-0.1, -0.05) is 33.1 Å². The van der Waals surface area contributed by atoms with Gasteiger partial charge < -0.3 is 15.4 Å². The summed E-state index contributed by atoms with van der Waals surface area (Å²) in [7, 11) is 0. The maximum Gasteiger partial charge on any atom is 0.262 e. The lowest BCUT2D eigenvalue weighted by Gasteiger charge is -2.29. The van der Waals surface area contributed by atoms with Gasteiger partial charge in [0.2, 0.25) is 12.3 Å². The smallest absolute Gasteiger partial charge is 0.262 e. The van der Waals surface area contributed by atoms with E-state index >= 15 is 0 Å². The summed E-state index contributed by atoms with van der Waals surface area (Å²) in [4.78, 5) is 49.9. The van der Waals surface area contributed by atoms with Gasteiger partial charge in [-0.3, -0.25) is 24.4 Å². The Labute approximate surface area is 222 Å². The van der Waals surface area contributed by atoms with Crippen molar-refractivity contribution in [2.24, 2.45) is 5.92 Å². The van der Waals surface area contributed by atoms with Gasteiger partial charge in [-0.05, 0) is 62.6 Å². The number of unbranched alkanes of at least 4 members (excludes halogenated alkanes) is 2. The minimum atomic E-state index is -0.641. The molecule has 202 valence electrons. The van der Waals surface area contributed by atoms with Crippen molar-refractivity contribution in [3.8, 4) is 16.2 Å². The number of ketones is 1. The standard InChI is InChI=1S/C27H37N3O6S/c1-5-8-9-10-22(23(6-2)30(35)17-31)26(33)28-16-29-27(34)25-12-11-24(37-25)20-13-19(18(4)32)14-21(15-20)36-7-3/h11-15,17,22-23,35H,5-10,16H2,1-4H3,(H,28,33)(H,29,34). The first kappa shape index (κ1) is 30.0. The Morgan fingerprint density at radius 2 is 1.86 bits per heavy atom. The van der Waals surface area contributed by atoms with Crippen LogP contribution >= 0.6 is 11.3 Å². The van der Waals surface area contributed by atoms with Crippen molar-refractivity contribution < 1.29 is 29.1 Å². The largest absolute Gasteiger partial charge is 0.494 e. The average molecular weight is 532 g/mol. The summed E-state index contributed by atoms with van der Waals surface area (Å²) < 4.78 is 5.58. The van der Waals surface area contributed by atoms with Crippen LogP contribution in [0.5, 0.6) is 5.75 Å². The predicted molar refractivity (Wildman–Crippen MR) is 143 cm³/mol. The van der Waals surface area contributed by atoms with E-state index in [0.29, 0.717) is 47.1 Å². The Bertz CT molecular complexity index is 1070. The van der Waals surface area contributed by atoms with Gasteiger partial charge in [-0.2, -0.15) is 0 Å². The van der Waals surface area contributed by atoms with Gasteiger partial charge in [0.15, 0.2) is 5.78 Å². The summed E-state index contributed by atoms with van der Waals surface area (Å²) in [6, 6.07) is 8.15. The molecule has 0 aliphatic carbocycles. The van der Waals surface area contributed by atoms with Crippen LogP contribution in [0.1, 0.15) is 79.8 Å². The third-order valence-electron chi connectivity index (χ3n) is 6.04. The van der Waals surface area contributed by atoms with Crippen LogP contribution < -0.4 is 15.4 Å². The van der Waals surface area contributed by atoms with Crippen LogP contribution in [0, 0.1) is 5.92 Å². The van der Waals surface area contributed by atoms with Gasteiger partial charge in [-0.25, -0.2) is 5.06 Å². The molecule has 3 amide bonds. The Balaban J connectivity index is 2.05. The lowest BCUT2D eigenvalue weighted by atomic mass is 9.90. The topological polar surface area (TPSA) is 125 Å². The second kappa shape index (κ2) is 15.1. The number of hydroxylamine groups is 2. The molecule has 1 aromatic heterocycles. The zero-order chi connectivity index (χ0) is 27.4.